The molecule has 2 heterocycles. The van der Waals surface area contributed by atoms with Crippen LogP contribution < -0.4 is 0 Å². The van der Waals surface area contributed by atoms with E-state index in [1.807, 2.05) is 0 Å². The number of nitrogens with zero attached hydrogens (tertiary/aromatic N) is 2. The van der Waals surface area contributed by atoms with Crippen molar-refractivity contribution in [2.24, 2.45) is 0 Å². The Bertz CT molecular complexity index is 414. The van der Waals surface area contributed by atoms with Crippen molar-refractivity contribution < 1.29 is 5.11 Å². The topological polar surface area (TPSA) is 26.7 Å². The molecule has 21 heavy (non-hydrogen) atoms. The molecule has 0 aliphatic carbocycles. The molecule has 3 nitrogen and oxygen atoms in total. The van der Waals surface area contributed by atoms with Gasteiger partial charge in [-0.05, 0) is 57.3 Å². The van der Waals surface area contributed by atoms with E-state index in [1.54, 1.807) is 0 Å². The second-order valence-corrected chi connectivity index (χ2v) is 6.52. The number of likely N-dealkylation sites (tertiary alicyclic amines) is 2. The van der Waals surface area contributed by atoms with E-state index in [1.165, 1.54) is 57.4 Å². The fraction of sp³-hybridized carbons (Fsp3) is 0.667. The zero-order valence-corrected chi connectivity index (χ0v) is 13.0. The van der Waals surface area contributed by atoms with E-state index >= 15 is 0 Å². The van der Waals surface area contributed by atoms with E-state index < -0.39 is 0 Å². The summed E-state index contributed by atoms with van der Waals surface area (Å²) in [5.41, 5.74) is 1.44. The number of rotatable bonds is 5. The molecule has 2 fully saturated rings. The standard InChI is InChI=1S/C18H28N2O/c21-15-18-7-4-11-20(18)17-9-13-19(14-10-17)12-8-16-5-2-1-3-6-16/h1-3,5-6,17-18,21H,4,7-15H2/t18-/m0/s1. The van der Waals surface area contributed by atoms with E-state index in [9.17, 15) is 5.11 Å². The molecule has 0 unspecified atom stereocenters. The molecule has 116 valence electrons. The van der Waals surface area contributed by atoms with Gasteiger partial charge in [0.25, 0.3) is 0 Å². The van der Waals surface area contributed by atoms with Crippen LogP contribution in [0.5, 0.6) is 0 Å². The first kappa shape index (κ1) is 15.0. The van der Waals surface area contributed by atoms with E-state index in [2.05, 4.69) is 40.1 Å². The van der Waals surface area contributed by atoms with E-state index in [0.717, 1.165) is 6.42 Å². The van der Waals surface area contributed by atoms with Crippen molar-refractivity contribution in [3.05, 3.63) is 35.9 Å². The maximum absolute atomic E-state index is 9.48. The highest BCUT2D eigenvalue weighted by atomic mass is 16.3. The van der Waals surface area contributed by atoms with Crippen molar-refractivity contribution in [1.82, 2.24) is 9.80 Å². The minimum Gasteiger partial charge on any atom is -0.395 e. The fourth-order valence-electron chi connectivity index (χ4n) is 3.94. The summed E-state index contributed by atoms with van der Waals surface area (Å²) in [6, 6.07) is 11.9. The van der Waals surface area contributed by atoms with Crippen molar-refractivity contribution in [2.75, 3.05) is 32.8 Å². The van der Waals surface area contributed by atoms with Crippen LogP contribution in [0.3, 0.4) is 0 Å². The summed E-state index contributed by atoms with van der Waals surface area (Å²) < 4.78 is 0. The summed E-state index contributed by atoms with van der Waals surface area (Å²) in [4.78, 5) is 5.18. The lowest BCUT2D eigenvalue weighted by Gasteiger charge is -2.39. The average Bonchev–Trinajstić information content (AvgIpc) is 3.03. The number of hydrogen-bond donors (Lipinski definition) is 1. The molecule has 0 saturated carbocycles. The molecule has 3 heteroatoms. The molecule has 1 N–H and O–H groups in total. The minimum atomic E-state index is 0.341. The molecule has 0 aromatic heterocycles. The van der Waals surface area contributed by atoms with Gasteiger partial charge in [-0.2, -0.15) is 0 Å². The van der Waals surface area contributed by atoms with Crippen LogP contribution in [-0.4, -0.2) is 59.8 Å². The Labute approximate surface area is 128 Å². The van der Waals surface area contributed by atoms with Crippen molar-refractivity contribution in [3.63, 3.8) is 0 Å². The second kappa shape index (κ2) is 7.39. The lowest BCUT2D eigenvalue weighted by Crippen LogP contribution is -2.47. The molecule has 1 atom stereocenters. The number of piperidine rings is 1. The molecule has 2 aliphatic rings. The highest BCUT2D eigenvalue weighted by molar-refractivity contribution is 5.14. The lowest BCUT2D eigenvalue weighted by atomic mass is 10.0. The maximum atomic E-state index is 9.48. The predicted octanol–water partition coefficient (Wildman–Crippen LogP) is 2.15. The summed E-state index contributed by atoms with van der Waals surface area (Å²) >= 11 is 0. The molecule has 3 rings (SSSR count). The quantitative estimate of drug-likeness (QED) is 0.899. The SMILES string of the molecule is OC[C@@H]1CCCN1C1CCN(CCc2ccccc2)CC1. The van der Waals surface area contributed by atoms with Gasteiger partial charge in [-0.1, -0.05) is 30.3 Å². The minimum absolute atomic E-state index is 0.341. The Morgan fingerprint density at radius 1 is 1.00 bits per heavy atom. The van der Waals surface area contributed by atoms with Gasteiger partial charge in [-0.3, -0.25) is 4.90 Å². The van der Waals surface area contributed by atoms with Gasteiger partial charge in [-0.15, -0.1) is 0 Å². The number of hydrogen-bond acceptors (Lipinski definition) is 3. The Kier molecular flexibility index (Phi) is 5.28. The van der Waals surface area contributed by atoms with Gasteiger partial charge in [0, 0.05) is 18.6 Å². The molecule has 2 aliphatic heterocycles. The van der Waals surface area contributed by atoms with Crippen molar-refractivity contribution in [2.45, 2.75) is 44.2 Å². The Morgan fingerprint density at radius 3 is 2.48 bits per heavy atom. The van der Waals surface area contributed by atoms with Crippen LogP contribution in [-0.2, 0) is 6.42 Å². The molecule has 1 aromatic rings. The zero-order chi connectivity index (χ0) is 14.5. The third-order valence-electron chi connectivity index (χ3n) is 5.22. The molecule has 0 spiro atoms. The summed E-state index contributed by atoms with van der Waals surface area (Å²) in [6.45, 7) is 5.15. The van der Waals surface area contributed by atoms with E-state index in [-0.39, 0.29) is 0 Å². The monoisotopic (exact) mass is 288 g/mol. The van der Waals surface area contributed by atoms with Crippen LogP contribution in [0.25, 0.3) is 0 Å². The number of benzene rings is 1. The normalized spacial score (nSPS) is 25.5. The van der Waals surface area contributed by atoms with Crippen LogP contribution in [0.15, 0.2) is 30.3 Å². The predicted molar refractivity (Wildman–Crippen MR) is 86.4 cm³/mol. The molecule has 0 radical (unpaired) electrons. The Morgan fingerprint density at radius 2 is 1.76 bits per heavy atom. The zero-order valence-electron chi connectivity index (χ0n) is 13.0. The fourth-order valence-corrected chi connectivity index (χ4v) is 3.94. The molecule has 1 aromatic carbocycles. The smallest absolute Gasteiger partial charge is 0.0586 e. The number of aliphatic hydroxyl groups is 1. The van der Waals surface area contributed by atoms with Crippen LogP contribution in [0.1, 0.15) is 31.2 Å². The third-order valence-corrected chi connectivity index (χ3v) is 5.22. The first-order chi connectivity index (χ1) is 10.4. The van der Waals surface area contributed by atoms with E-state index in [0.29, 0.717) is 18.7 Å². The molecule has 2 saturated heterocycles. The van der Waals surface area contributed by atoms with Gasteiger partial charge in [0.05, 0.1) is 6.61 Å². The van der Waals surface area contributed by atoms with Gasteiger partial charge in [0.1, 0.15) is 0 Å². The van der Waals surface area contributed by atoms with E-state index in [4.69, 9.17) is 0 Å². The largest absolute Gasteiger partial charge is 0.395 e. The second-order valence-electron chi connectivity index (χ2n) is 6.52. The van der Waals surface area contributed by atoms with Crippen molar-refractivity contribution in [3.8, 4) is 0 Å². The average molecular weight is 288 g/mol. The highest BCUT2D eigenvalue weighted by Gasteiger charge is 2.32. The number of aliphatic hydroxyl groups excluding tert-OH is 1. The van der Waals surface area contributed by atoms with Gasteiger partial charge >= 0.3 is 0 Å². The third kappa shape index (κ3) is 3.85. The van der Waals surface area contributed by atoms with Gasteiger partial charge < -0.3 is 10.0 Å². The van der Waals surface area contributed by atoms with Crippen LogP contribution in [0, 0.1) is 0 Å². The summed E-state index contributed by atoms with van der Waals surface area (Å²) in [5.74, 6) is 0. The molecular weight excluding hydrogens is 260 g/mol. The van der Waals surface area contributed by atoms with Gasteiger partial charge in [0.2, 0.25) is 0 Å². The van der Waals surface area contributed by atoms with Crippen LogP contribution in [0.2, 0.25) is 0 Å². The summed E-state index contributed by atoms with van der Waals surface area (Å²) in [7, 11) is 0. The lowest BCUT2D eigenvalue weighted by molar-refractivity contribution is 0.0733. The molecular formula is C18H28N2O. The van der Waals surface area contributed by atoms with Crippen LogP contribution in [0.4, 0.5) is 0 Å². The molecule has 0 amide bonds. The summed E-state index contributed by atoms with van der Waals surface area (Å²) in [5, 5.41) is 9.48. The first-order valence-corrected chi connectivity index (χ1v) is 8.49. The first-order valence-electron chi connectivity index (χ1n) is 8.49. The van der Waals surface area contributed by atoms with Gasteiger partial charge in [-0.25, -0.2) is 0 Å². The van der Waals surface area contributed by atoms with Crippen molar-refractivity contribution >= 4 is 0 Å². The van der Waals surface area contributed by atoms with Gasteiger partial charge in [0.15, 0.2) is 0 Å². The van der Waals surface area contributed by atoms with Crippen molar-refractivity contribution in [1.29, 1.82) is 0 Å². The van der Waals surface area contributed by atoms with Crippen LogP contribution >= 0.6 is 0 Å². The maximum Gasteiger partial charge on any atom is 0.0586 e. The Balaban J connectivity index is 1.43. The highest BCUT2D eigenvalue weighted by Crippen LogP contribution is 2.25. The summed E-state index contributed by atoms with van der Waals surface area (Å²) in [6.07, 6.45) is 6.15. The molecule has 0 bridgehead atoms. The Hall–Kier alpha value is -0.900.